The van der Waals surface area contributed by atoms with Crippen LogP contribution in [0.25, 0.3) is 11.3 Å². The first-order valence-corrected chi connectivity index (χ1v) is 7.08. The number of hydrogen-bond donors (Lipinski definition) is 1. The predicted octanol–water partition coefficient (Wildman–Crippen LogP) is 2.65. The summed E-state index contributed by atoms with van der Waals surface area (Å²) in [6.45, 7) is 0. The van der Waals surface area contributed by atoms with E-state index in [1.165, 1.54) is 0 Å². The SMILES string of the molecule is CN1C(=O)c2[nH]nc(-c3ccccc3)c2[C@H]1c1cccnc1. The van der Waals surface area contributed by atoms with Gasteiger partial charge < -0.3 is 4.90 Å². The van der Waals surface area contributed by atoms with Crippen LogP contribution in [0.4, 0.5) is 0 Å². The molecule has 1 aromatic carbocycles. The van der Waals surface area contributed by atoms with Gasteiger partial charge >= 0.3 is 0 Å². The van der Waals surface area contributed by atoms with Gasteiger partial charge in [-0.05, 0) is 11.6 Å². The van der Waals surface area contributed by atoms with Gasteiger partial charge in [0, 0.05) is 30.6 Å². The summed E-state index contributed by atoms with van der Waals surface area (Å²) in [4.78, 5) is 18.4. The van der Waals surface area contributed by atoms with Crippen molar-refractivity contribution in [3.05, 3.63) is 71.7 Å². The fraction of sp³-hybridized carbons (Fsp3) is 0.118. The Labute approximate surface area is 127 Å². The molecule has 0 saturated heterocycles. The molecule has 1 aliphatic rings. The van der Waals surface area contributed by atoms with Crippen molar-refractivity contribution in [2.24, 2.45) is 0 Å². The number of nitrogens with zero attached hydrogens (tertiary/aromatic N) is 3. The maximum Gasteiger partial charge on any atom is 0.272 e. The molecule has 0 aliphatic carbocycles. The van der Waals surface area contributed by atoms with Gasteiger partial charge in [0.05, 0.1) is 11.7 Å². The van der Waals surface area contributed by atoms with Gasteiger partial charge in [-0.1, -0.05) is 36.4 Å². The molecule has 1 N–H and O–H groups in total. The third-order valence-electron chi connectivity index (χ3n) is 4.05. The zero-order valence-corrected chi connectivity index (χ0v) is 12.0. The molecule has 0 spiro atoms. The smallest absolute Gasteiger partial charge is 0.272 e. The van der Waals surface area contributed by atoms with E-state index < -0.39 is 0 Å². The molecule has 0 radical (unpaired) electrons. The van der Waals surface area contributed by atoms with Crippen molar-refractivity contribution in [3.63, 3.8) is 0 Å². The molecule has 0 fully saturated rings. The van der Waals surface area contributed by atoms with E-state index in [2.05, 4.69) is 15.2 Å². The molecular formula is C17H14N4O. The summed E-state index contributed by atoms with van der Waals surface area (Å²) in [5.41, 5.74) is 4.29. The van der Waals surface area contributed by atoms with Crippen LogP contribution in [-0.4, -0.2) is 33.0 Å². The van der Waals surface area contributed by atoms with Gasteiger partial charge in [0.25, 0.3) is 5.91 Å². The topological polar surface area (TPSA) is 61.9 Å². The van der Waals surface area contributed by atoms with E-state index in [-0.39, 0.29) is 11.9 Å². The van der Waals surface area contributed by atoms with Crippen LogP contribution in [0.2, 0.25) is 0 Å². The third-order valence-corrected chi connectivity index (χ3v) is 4.05. The number of benzene rings is 1. The fourth-order valence-electron chi connectivity index (χ4n) is 3.01. The van der Waals surface area contributed by atoms with E-state index in [4.69, 9.17) is 0 Å². The Morgan fingerprint density at radius 1 is 1.14 bits per heavy atom. The maximum atomic E-state index is 12.5. The summed E-state index contributed by atoms with van der Waals surface area (Å²) in [7, 11) is 1.81. The number of aromatic amines is 1. The first-order chi connectivity index (χ1) is 10.8. The second-order valence-electron chi connectivity index (χ2n) is 5.33. The molecule has 1 aliphatic heterocycles. The normalized spacial score (nSPS) is 16.9. The molecule has 3 heterocycles. The molecule has 22 heavy (non-hydrogen) atoms. The van der Waals surface area contributed by atoms with Crippen LogP contribution in [0.5, 0.6) is 0 Å². The lowest BCUT2D eigenvalue weighted by molar-refractivity contribution is 0.0787. The largest absolute Gasteiger partial charge is 0.329 e. The molecular weight excluding hydrogens is 276 g/mol. The number of aromatic nitrogens is 3. The van der Waals surface area contributed by atoms with E-state index in [9.17, 15) is 4.79 Å². The summed E-state index contributed by atoms with van der Waals surface area (Å²) in [5.74, 6) is -0.0430. The zero-order valence-electron chi connectivity index (χ0n) is 12.0. The van der Waals surface area contributed by atoms with E-state index in [0.717, 1.165) is 22.4 Å². The van der Waals surface area contributed by atoms with Gasteiger partial charge in [-0.2, -0.15) is 5.10 Å². The first kappa shape index (κ1) is 12.8. The Hall–Kier alpha value is -2.95. The lowest BCUT2D eigenvalue weighted by Gasteiger charge is -2.21. The predicted molar refractivity (Wildman–Crippen MR) is 82.2 cm³/mol. The maximum absolute atomic E-state index is 12.5. The van der Waals surface area contributed by atoms with E-state index in [1.54, 1.807) is 17.3 Å². The number of amides is 1. The van der Waals surface area contributed by atoms with E-state index >= 15 is 0 Å². The van der Waals surface area contributed by atoms with Crippen molar-refractivity contribution in [1.29, 1.82) is 0 Å². The minimum Gasteiger partial charge on any atom is -0.329 e. The van der Waals surface area contributed by atoms with Crippen molar-refractivity contribution < 1.29 is 4.79 Å². The van der Waals surface area contributed by atoms with Gasteiger partial charge in [-0.15, -0.1) is 0 Å². The molecule has 3 aromatic rings. The number of pyridine rings is 1. The van der Waals surface area contributed by atoms with Crippen LogP contribution >= 0.6 is 0 Å². The van der Waals surface area contributed by atoms with Crippen molar-refractivity contribution in [1.82, 2.24) is 20.1 Å². The average molecular weight is 290 g/mol. The van der Waals surface area contributed by atoms with Gasteiger partial charge in [0.2, 0.25) is 0 Å². The molecule has 0 saturated carbocycles. The highest BCUT2D eigenvalue weighted by Gasteiger charge is 2.40. The number of hydrogen-bond acceptors (Lipinski definition) is 3. The lowest BCUT2D eigenvalue weighted by atomic mass is 9.97. The molecule has 2 aromatic heterocycles. The number of nitrogens with one attached hydrogen (secondary N) is 1. The van der Waals surface area contributed by atoms with Gasteiger partial charge in [-0.25, -0.2) is 0 Å². The molecule has 0 unspecified atom stereocenters. The van der Waals surface area contributed by atoms with Crippen LogP contribution in [0.3, 0.4) is 0 Å². The molecule has 5 nitrogen and oxygen atoms in total. The minimum atomic E-state index is -0.162. The second-order valence-corrected chi connectivity index (χ2v) is 5.33. The van der Waals surface area contributed by atoms with Crippen LogP contribution in [0.15, 0.2) is 54.9 Å². The highest BCUT2D eigenvalue weighted by Crippen LogP contribution is 2.41. The van der Waals surface area contributed by atoms with Crippen molar-refractivity contribution in [3.8, 4) is 11.3 Å². The standard InChI is InChI=1S/C17H14N4O/c1-21-16(12-8-5-9-18-10-12)13-14(11-6-3-2-4-7-11)19-20-15(13)17(21)22/h2-10,16H,1H3,(H,19,20)/t16-/m1/s1. The van der Waals surface area contributed by atoms with Crippen LogP contribution in [-0.2, 0) is 0 Å². The van der Waals surface area contributed by atoms with Crippen molar-refractivity contribution in [2.75, 3.05) is 7.05 Å². The number of fused-ring (bicyclic) bond motifs is 1. The Bertz CT molecular complexity index is 826. The summed E-state index contributed by atoms with van der Waals surface area (Å²) in [6.07, 6.45) is 3.53. The third kappa shape index (κ3) is 1.75. The first-order valence-electron chi connectivity index (χ1n) is 7.08. The summed E-state index contributed by atoms with van der Waals surface area (Å²) < 4.78 is 0. The fourth-order valence-corrected chi connectivity index (χ4v) is 3.01. The van der Waals surface area contributed by atoms with Gasteiger partial charge in [0.1, 0.15) is 5.69 Å². The molecule has 1 amide bonds. The number of carbonyl (C=O) groups excluding carboxylic acids is 1. The van der Waals surface area contributed by atoms with E-state index in [0.29, 0.717) is 5.69 Å². The molecule has 1 atom stereocenters. The van der Waals surface area contributed by atoms with Crippen LogP contribution in [0, 0.1) is 0 Å². The molecule has 108 valence electrons. The highest BCUT2D eigenvalue weighted by atomic mass is 16.2. The number of H-pyrrole nitrogens is 1. The van der Waals surface area contributed by atoms with Crippen LogP contribution in [0.1, 0.15) is 27.7 Å². The molecule has 4 rings (SSSR count). The Balaban J connectivity index is 1.92. The monoisotopic (exact) mass is 290 g/mol. The summed E-state index contributed by atoms with van der Waals surface area (Å²) in [6, 6.07) is 13.6. The second kappa shape index (κ2) is 4.80. The average Bonchev–Trinajstić information content (AvgIpc) is 3.10. The van der Waals surface area contributed by atoms with Crippen LogP contribution < -0.4 is 0 Å². The quantitative estimate of drug-likeness (QED) is 0.789. The lowest BCUT2D eigenvalue weighted by Crippen LogP contribution is -2.24. The molecule has 0 bridgehead atoms. The van der Waals surface area contributed by atoms with Gasteiger partial charge in [0.15, 0.2) is 0 Å². The summed E-state index contributed by atoms with van der Waals surface area (Å²) in [5, 5.41) is 7.28. The summed E-state index contributed by atoms with van der Waals surface area (Å²) >= 11 is 0. The van der Waals surface area contributed by atoms with Crippen molar-refractivity contribution in [2.45, 2.75) is 6.04 Å². The zero-order chi connectivity index (χ0) is 15.1. The Kier molecular flexibility index (Phi) is 2.79. The Morgan fingerprint density at radius 3 is 2.68 bits per heavy atom. The number of carbonyl (C=O) groups is 1. The van der Waals surface area contributed by atoms with E-state index in [1.807, 2.05) is 49.5 Å². The molecule has 5 heteroatoms. The minimum absolute atomic E-state index is 0.0430. The Morgan fingerprint density at radius 2 is 1.95 bits per heavy atom. The highest BCUT2D eigenvalue weighted by molar-refractivity contribution is 5.99. The van der Waals surface area contributed by atoms with Crippen molar-refractivity contribution >= 4 is 5.91 Å². The van der Waals surface area contributed by atoms with Gasteiger partial charge in [-0.3, -0.25) is 14.9 Å². The number of rotatable bonds is 2.